The van der Waals surface area contributed by atoms with Crippen LogP contribution in [0.5, 0.6) is 0 Å². The van der Waals surface area contributed by atoms with E-state index in [0.29, 0.717) is 11.5 Å². The van der Waals surface area contributed by atoms with Crippen molar-refractivity contribution in [1.29, 1.82) is 0 Å². The van der Waals surface area contributed by atoms with Gasteiger partial charge in [-0.3, -0.25) is 4.79 Å². The molecule has 0 saturated heterocycles. The monoisotopic (exact) mass is 219 g/mol. The first kappa shape index (κ1) is 10.1. The highest BCUT2D eigenvalue weighted by molar-refractivity contribution is 6.02. The van der Waals surface area contributed by atoms with Gasteiger partial charge in [0.1, 0.15) is 23.5 Å². The summed E-state index contributed by atoms with van der Waals surface area (Å²) >= 11 is 0. The first-order valence-electron chi connectivity index (χ1n) is 4.44. The SMILES string of the molecule is NNc1cccc(C(=O)Nc2cnoc2)n1. The Labute approximate surface area is 90.6 Å². The van der Waals surface area contributed by atoms with Crippen LogP contribution in [0.1, 0.15) is 10.5 Å². The van der Waals surface area contributed by atoms with E-state index in [9.17, 15) is 4.79 Å². The number of nitrogens with one attached hydrogen (secondary N) is 2. The molecule has 4 N–H and O–H groups in total. The van der Waals surface area contributed by atoms with E-state index in [1.807, 2.05) is 0 Å². The van der Waals surface area contributed by atoms with E-state index in [1.165, 1.54) is 12.5 Å². The predicted octanol–water partition coefficient (Wildman–Crippen LogP) is 0.608. The lowest BCUT2D eigenvalue weighted by atomic mass is 10.3. The standard InChI is InChI=1S/C9H9N5O2/c10-14-8-3-1-2-7(13-8)9(15)12-6-4-11-16-5-6/h1-5H,10H2,(H,12,15)(H,13,14). The van der Waals surface area contributed by atoms with Crippen molar-refractivity contribution < 1.29 is 9.32 Å². The van der Waals surface area contributed by atoms with E-state index in [4.69, 9.17) is 5.84 Å². The predicted molar refractivity (Wildman–Crippen MR) is 56.5 cm³/mol. The van der Waals surface area contributed by atoms with Crippen molar-refractivity contribution in [2.45, 2.75) is 0 Å². The van der Waals surface area contributed by atoms with Crippen molar-refractivity contribution in [2.24, 2.45) is 5.84 Å². The quantitative estimate of drug-likeness (QED) is 0.515. The Kier molecular flexibility index (Phi) is 2.79. The number of nitrogens with two attached hydrogens (primary N) is 1. The molecule has 2 heterocycles. The summed E-state index contributed by atoms with van der Waals surface area (Å²) in [5.41, 5.74) is 3.08. The van der Waals surface area contributed by atoms with Crippen molar-refractivity contribution in [3.05, 3.63) is 36.4 Å². The van der Waals surface area contributed by atoms with Crippen molar-refractivity contribution >= 4 is 17.4 Å². The molecular weight excluding hydrogens is 210 g/mol. The third kappa shape index (κ3) is 2.15. The maximum atomic E-state index is 11.7. The summed E-state index contributed by atoms with van der Waals surface area (Å²) < 4.78 is 4.58. The first-order valence-corrected chi connectivity index (χ1v) is 4.44. The highest BCUT2D eigenvalue weighted by Crippen LogP contribution is 2.08. The second-order valence-corrected chi connectivity index (χ2v) is 2.92. The molecule has 2 aromatic rings. The molecule has 0 atom stereocenters. The van der Waals surface area contributed by atoms with Crippen molar-refractivity contribution in [1.82, 2.24) is 10.1 Å². The summed E-state index contributed by atoms with van der Waals surface area (Å²) in [4.78, 5) is 15.6. The van der Waals surface area contributed by atoms with Gasteiger partial charge < -0.3 is 15.3 Å². The fourth-order valence-corrected chi connectivity index (χ4v) is 1.10. The first-order chi connectivity index (χ1) is 7.79. The summed E-state index contributed by atoms with van der Waals surface area (Å²) in [5, 5.41) is 6.02. The molecule has 0 unspecified atom stereocenters. The molecule has 7 heteroatoms. The number of rotatable bonds is 3. The number of nitrogen functional groups attached to an aromatic ring is 1. The van der Waals surface area contributed by atoms with E-state index in [0.717, 1.165) is 0 Å². The van der Waals surface area contributed by atoms with Gasteiger partial charge in [0.25, 0.3) is 5.91 Å². The van der Waals surface area contributed by atoms with Gasteiger partial charge in [-0.25, -0.2) is 10.8 Å². The molecule has 0 saturated carbocycles. The third-order valence-electron chi connectivity index (χ3n) is 1.82. The Hall–Kier alpha value is -2.41. The lowest BCUT2D eigenvalue weighted by Crippen LogP contribution is -2.15. The lowest BCUT2D eigenvalue weighted by molar-refractivity contribution is 0.102. The normalized spacial score (nSPS) is 9.81. The fourth-order valence-electron chi connectivity index (χ4n) is 1.10. The van der Waals surface area contributed by atoms with Gasteiger partial charge in [0.15, 0.2) is 0 Å². The molecule has 2 aromatic heterocycles. The van der Waals surface area contributed by atoms with Crippen LogP contribution >= 0.6 is 0 Å². The number of amides is 1. The van der Waals surface area contributed by atoms with Crippen LogP contribution in [0.3, 0.4) is 0 Å². The van der Waals surface area contributed by atoms with Crippen LogP contribution < -0.4 is 16.6 Å². The van der Waals surface area contributed by atoms with Gasteiger partial charge in [0, 0.05) is 0 Å². The molecule has 0 aliphatic heterocycles. The molecule has 0 radical (unpaired) electrons. The molecule has 0 aliphatic rings. The lowest BCUT2D eigenvalue weighted by Gasteiger charge is -2.03. The molecule has 16 heavy (non-hydrogen) atoms. The van der Waals surface area contributed by atoms with Gasteiger partial charge in [-0.05, 0) is 12.1 Å². The van der Waals surface area contributed by atoms with Gasteiger partial charge in [-0.2, -0.15) is 0 Å². The van der Waals surface area contributed by atoms with E-state index in [1.54, 1.807) is 18.2 Å². The molecule has 7 nitrogen and oxygen atoms in total. The molecule has 0 spiro atoms. The number of carbonyl (C=O) groups is 1. The van der Waals surface area contributed by atoms with Gasteiger partial charge in [-0.1, -0.05) is 11.2 Å². The van der Waals surface area contributed by atoms with Crippen LogP contribution in [-0.4, -0.2) is 16.0 Å². The minimum atomic E-state index is -0.361. The van der Waals surface area contributed by atoms with E-state index >= 15 is 0 Å². The molecule has 0 aliphatic carbocycles. The van der Waals surface area contributed by atoms with Crippen LogP contribution in [0, 0.1) is 0 Å². The Morgan fingerprint density at radius 1 is 1.44 bits per heavy atom. The molecule has 0 fully saturated rings. The fraction of sp³-hybridized carbons (Fsp3) is 0. The Balaban J connectivity index is 2.14. The largest absolute Gasteiger partial charge is 0.363 e. The summed E-state index contributed by atoms with van der Waals surface area (Å²) in [6.45, 7) is 0. The van der Waals surface area contributed by atoms with Crippen molar-refractivity contribution in [2.75, 3.05) is 10.7 Å². The minimum absolute atomic E-state index is 0.247. The molecule has 82 valence electrons. The molecular formula is C9H9N5O2. The van der Waals surface area contributed by atoms with Crippen LogP contribution in [0.2, 0.25) is 0 Å². The van der Waals surface area contributed by atoms with Crippen molar-refractivity contribution in [3.8, 4) is 0 Å². The zero-order chi connectivity index (χ0) is 11.4. The molecule has 0 bridgehead atoms. The van der Waals surface area contributed by atoms with E-state index < -0.39 is 0 Å². The summed E-state index contributed by atoms with van der Waals surface area (Å²) in [7, 11) is 0. The number of nitrogens with zero attached hydrogens (tertiary/aromatic N) is 2. The Bertz CT molecular complexity index is 482. The van der Waals surface area contributed by atoms with Crippen LogP contribution in [0.4, 0.5) is 11.5 Å². The zero-order valence-electron chi connectivity index (χ0n) is 8.18. The van der Waals surface area contributed by atoms with Crippen LogP contribution in [0.25, 0.3) is 0 Å². The maximum Gasteiger partial charge on any atom is 0.274 e. The van der Waals surface area contributed by atoms with Crippen LogP contribution in [0.15, 0.2) is 35.2 Å². The highest BCUT2D eigenvalue weighted by Gasteiger charge is 2.08. The number of carbonyl (C=O) groups excluding carboxylic acids is 1. The number of hydrogen-bond acceptors (Lipinski definition) is 6. The third-order valence-corrected chi connectivity index (χ3v) is 1.82. The molecule has 1 amide bonds. The van der Waals surface area contributed by atoms with Gasteiger partial charge >= 0.3 is 0 Å². The van der Waals surface area contributed by atoms with Gasteiger partial charge in [-0.15, -0.1) is 0 Å². The highest BCUT2D eigenvalue weighted by atomic mass is 16.5. The summed E-state index contributed by atoms with van der Waals surface area (Å²) in [6, 6.07) is 4.89. The smallest absolute Gasteiger partial charge is 0.274 e. The molecule has 2 rings (SSSR count). The topological polar surface area (TPSA) is 106 Å². The number of hydrazine groups is 1. The van der Waals surface area contributed by atoms with E-state index in [2.05, 4.69) is 25.4 Å². The summed E-state index contributed by atoms with van der Waals surface area (Å²) in [6.07, 6.45) is 2.71. The molecule has 0 aromatic carbocycles. The average molecular weight is 219 g/mol. The number of anilines is 2. The van der Waals surface area contributed by atoms with E-state index in [-0.39, 0.29) is 11.6 Å². The zero-order valence-corrected chi connectivity index (χ0v) is 8.18. The Morgan fingerprint density at radius 3 is 3.00 bits per heavy atom. The average Bonchev–Trinajstić information content (AvgIpc) is 2.82. The number of hydrogen-bond donors (Lipinski definition) is 3. The number of aromatic nitrogens is 2. The maximum absolute atomic E-state index is 11.7. The van der Waals surface area contributed by atoms with Crippen LogP contribution in [-0.2, 0) is 0 Å². The van der Waals surface area contributed by atoms with Gasteiger partial charge in [0.2, 0.25) is 0 Å². The van der Waals surface area contributed by atoms with Crippen molar-refractivity contribution in [3.63, 3.8) is 0 Å². The number of pyridine rings is 1. The Morgan fingerprint density at radius 2 is 2.31 bits per heavy atom. The second kappa shape index (κ2) is 4.41. The second-order valence-electron chi connectivity index (χ2n) is 2.92. The van der Waals surface area contributed by atoms with Gasteiger partial charge in [0.05, 0.1) is 6.20 Å². The minimum Gasteiger partial charge on any atom is -0.363 e. The summed E-state index contributed by atoms with van der Waals surface area (Å²) in [5.74, 6) is 5.24.